The number of aryl methyl sites for hydroxylation is 1. The number of rotatable bonds is 7. The Labute approximate surface area is 178 Å². The highest BCUT2D eigenvalue weighted by atomic mass is 19.4. The van der Waals surface area contributed by atoms with Crippen LogP contribution in [0.25, 0.3) is 11.4 Å². The average Bonchev–Trinajstić information content (AvgIpc) is 3.28. The van der Waals surface area contributed by atoms with Crippen LogP contribution in [-0.2, 0) is 19.3 Å². The van der Waals surface area contributed by atoms with Crippen LogP contribution in [0.5, 0.6) is 0 Å². The maximum atomic E-state index is 12.6. The van der Waals surface area contributed by atoms with E-state index < -0.39 is 22.9 Å². The van der Waals surface area contributed by atoms with Crippen LogP contribution in [0.3, 0.4) is 0 Å². The Bertz CT molecular complexity index is 1300. The molecule has 4 rings (SSSR count). The highest BCUT2D eigenvalue weighted by molar-refractivity contribution is 5.74. The Hall–Kier alpha value is -4.02. The molecule has 0 amide bonds. The van der Waals surface area contributed by atoms with Gasteiger partial charge in [-0.05, 0) is 24.6 Å². The first-order valence-electron chi connectivity index (χ1n) is 9.45. The fraction of sp³-hybridized carbons (Fsp3) is 0.190. The summed E-state index contributed by atoms with van der Waals surface area (Å²) in [6.45, 7) is 2.49. The number of anilines is 2. The van der Waals surface area contributed by atoms with E-state index in [1.54, 1.807) is 0 Å². The number of halogens is 3. The van der Waals surface area contributed by atoms with Crippen LogP contribution in [0, 0.1) is 6.92 Å². The topological polar surface area (TPSA) is 110 Å². The molecule has 0 aliphatic heterocycles. The lowest BCUT2D eigenvalue weighted by Gasteiger charge is -2.15. The molecule has 0 bridgehead atoms. The van der Waals surface area contributed by atoms with Gasteiger partial charge in [0.2, 0.25) is 5.82 Å². The molecule has 0 aliphatic carbocycles. The maximum absolute atomic E-state index is 12.6. The first kappa shape index (κ1) is 21.2. The second-order valence-electron chi connectivity index (χ2n) is 7.06. The van der Waals surface area contributed by atoms with Gasteiger partial charge in [-0.2, -0.15) is 18.2 Å². The number of hydrogen-bond acceptors (Lipinski definition) is 8. The molecule has 8 nitrogen and oxygen atoms in total. The van der Waals surface area contributed by atoms with Gasteiger partial charge in [0.05, 0.1) is 12.2 Å². The van der Waals surface area contributed by atoms with Gasteiger partial charge in [0.15, 0.2) is 0 Å². The van der Waals surface area contributed by atoms with Crippen molar-refractivity contribution < 1.29 is 17.7 Å². The molecular weight excluding hydrogens is 427 g/mol. The molecule has 0 saturated heterocycles. The summed E-state index contributed by atoms with van der Waals surface area (Å²) in [7, 11) is 0. The lowest BCUT2D eigenvalue weighted by atomic mass is 10.1. The van der Waals surface area contributed by atoms with Crippen molar-refractivity contribution in [3.8, 4) is 11.4 Å². The number of benzene rings is 1. The summed E-state index contributed by atoms with van der Waals surface area (Å²) in [5, 5.41) is 9.15. The molecule has 0 atom stereocenters. The van der Waals surface area contributed by atoms with Crippen LogP contribution in [0.15, 0.2) is 56.7 Å². The molecule has 0 fully saturated rings. The van der Waals surface area contributed by atoms with Gasteiger partial charge in [0.25, 0.3) is 10.9 Å². The van der Waals surface area contributed by atoms with Crippen LogP contribution in [-0.4, -0.2) is 15.1 Å². The monoisotopic (exact) mass is 443 g/mol. The van der Waals surface area contributed by atoms with E-state index in [0.29, 0.717) is 12.2 Å². The number of aromatic nitrogens is 3. The third-order valence-corrected chi connectivity index (χ3v) is 4.70. The van der Waals surface area contributed by atoms with Crippen LogP contribution >= 0.6 is 0 Å². The van der Waals surface area contributed by atoms with Gasteiger partial charge in [0, 0.05) is 18.3 Å². The lowest BCUT2D eigenvalue weighted by Crippen LogP contribution is -2.37. The predicted octanol–water partition coefficient (Wildman–Crippen LogP) is 3.28. The van der Waals surface area contributed by atoms with Gasteiger partial charge in [0.1, 0.15) is 11.4 Å². The van der Waals surface area contributed by atoms with E-state index in [1.165, 1.54) is 18.3 Å². The van der Waals surface area contributed by atoms with Gasteiger partial charge >= 0.3 is 12.1 Å². The van der Waals surface area contributed by atoms with E-state index in [1.807, 2.05) is 31.2 Å². The average molecular weight is 443 g/mol. The van der Waals surface area contributed by atoms with E-state index in [-0.39, 0.29) is 29.3 Å². The third-order valence-electron chi connectivity index (χ3n) is 4.70. The SMILES string of the molecule is Cc1ccc(CNc2c(NCc3ccc(-c4noc(C(F)(F)F)n4)cn3)c(=O)c2=O)cc1. The van der Waals surface area contributed by atoms with Crippen molar-refractivity contribution in [3.63, 3.8) is 0 Å². The maximum Gasteiger partial charge on any atom is 0.471 e. The Morgan fingerprint density at radius 1 is 0.938 bits per heavy atom. The van der Waals surface area contributed by atoms with Gasteiger partial charge in [-0.3, -0.25) is 14.6 Å². The van der Waals surface area contributed by atoms with Gasteiger partial charge in [-0.1, -0.05) is 35.0 Å². The van der Waals surface area contributed by atoms with E-state index >= 15 is 0 Å². The Morgan fingerprint density at radius 2 is 1.59 bits per heavy atom. The zero-order valence-corrected chi connectivity index (χ0v) is 16.7. The molecule has 2 aromatic heterocycles. The molecule has 0 unspecified atom stereocenters. The Kier molecular flexibility index (Phi) is 5.47. The number of alkyl halides is 3. The zero-order chi connectivity index (χ0) is 22.9. The minimum Gasteiger partial charge on any atom is -0.376 e. The van der Waals surface area contributed by atoms with Gasteiger partial charge < -0.3 is 15.2 Å². The fourth-order valence-electron chi connectivity index (χ4n) is 2.92. The minimum absolute atomic E-state index is 0.129. The van der Waals surface area contributed by atoms with Crippen molar-refractivity contribution in [2.24, 2.45) is 0 Å². The van der Waals surface area contributed by atoms with Crippen LogP contribution < -0.4 is 21.5 Å². The Morgan fingerprint density at radius 3 is 2.16 bits per heavy atom. The smallest absolute Gasteiger partial charge is 0.376 e. The number of nitrogens with one attached hydrogen (secondary N) is 2. The summed E-state index contributed by atoms with van der Waals surface area (Å²) in [6.07, 6.45) is -3.44. The summed E-state index contributed by atoms with van der Waals surface area (Å²) < 4.78 is 41.9. The Balaban J connectivity index is 1.39. The van der Waals surface area contributed by atoms with Crippen molar-refractivity contribution in [2.45, 2.75) is 26.2 Å². The van der Waals surface area contributed by atoms with Crippen molar-refractivity contribution >= 4 is 11.4 Å². The largest absolute Gasteiger partial charge is 0.471 e. The first-order chi connectivity index (χ1) is 15.2. The van der Waals surface area contributed by atoms with Gasteiger partial charge in [-0.15, -0.1) is 0 Å². The molecule has 11 heteroatoms. The normalized spacial score (nSPS) is 11.6. The van der Waals surface area contributed by atoms with E-state index in [0.717, 1.165) is 11.1 Å². The standard InChI is InChI=1S/C21H16F3N5O3/c1-11-2-4-12(5-3-11)8-26-15-16(18(31)17(15)30)27-10-14-7-6-13(9-25-14)19-28-20(32-29-19)21(22,23)24/h2-7,9,26-27H,8,10H2,1H3. The second kappa shape index (κ2) is 8.25. The summed E-state index contributed by atoms with van der Waals surface area (Å²) >= 11 is 0. The molecule has 0 spiro atoms. The zero-order valence-electron chi connectivity index (χ0n) is 16.7. The third kappa shape index (κ3) is 4.36. The summed E-state index contributed by atoms with van der Waals surface area (Å²) in [4.78, 5) is 31.3. The first-order valence-corrected chi connectivity index (χ1v) is 9.45. The predicted molar refractivity (Wildman–Crippen MR) is 110 cm³/mol. The minimum atomic E-state index is -4.73. The molecular formula is C21H16F3N5O3. The second-order valence-corrected chi connectivity index (χ2v) is 7.06. The summed E-state index contributed by atoms with van der Waals surface area (Å²) in [5.41, 5.74) is 1.96. The van der Waals surface area contributed by atoms with Crippen molar-refractivity contribution in [1.82, 2.24) is 15.1 Å². The number of hydrogen-bond donors (Lipinski definition) is 2. The summed E-state index contributed by atoms with van der Waals surface area (Å²) in [5.74, 6) is -1.68. The van der Waals surface area contributed by atoms with E-state index in [4.69, 9.17) is 0 Å². The number of pyridine rings is 1. The highest BCUT2D eigenvalue weighted by Gasteiger charge is 2.38. The molecule has 4 aromatic rings. The molecule has 0 aliphatic rings. The van der Waals surface area contributed by atoms with Crippen LogP contribution in [0.4, 0.5) is 24.5 Å². The molecule has 2 N–H and O–H groups in total. The van der Waals surface area contributed by atoms with E-state index in [2.05, 4.69) is 30.3 Å². The van der Waals surface area contributed by atoms with Crippen LogP contribution in [0.2, 0.25) is 0 Å². The molecule has 0 saturated carbocycles. The fourth-order valence-corrected chi connectivity index (χ4v) is 2.92. The quantitative estimate of drug-likeness (QED) is 0.419. The van der Waals surface area contributed by atoms with Crippen LogP contribution in [0.1, 0.15) is 22.7 Å². The molecule has 2 heterocycles. The summed E-state index contributed by atoms with van der Waals surface area (Å²) in [6, 6.07) is 10.8. The van der Waals surface area contributed by atoms with Gasteiger partial charge in [-0.25, -0.2) is 0 Å². The van der Waals surface area contributed by atoms with Crippen molar-refractivity contribution in [2.75, 3.05) is 10.6 Å². The lowest BCUT2D eigenvalue weighted by molar-refractivity contribution is -0.159. The van der Waals surface area contributed by atoms with Crippen molar-refractivity contribution in [3.05, 3.63) is 85.8 Å². The molecule has 164 valence electrons. The molecule has 0 radical (unpaired) electrons. The number of nitrogens with zero attached hydrogens (tertiary/aromatic N) is 3. The highest BCUT2D eigenvalue weighted by Crippen LogP contribution is 2.29. The molecule has 2 aromatic carbocycles. The van der Waals surface area contributed by atoms with Crippen molar-refractivity contribution in [1.29, 1.82) is 0 Å². The van der Waals surface area contributed by atoms with E-state index in [9.17, 15) is 22.8 Å². The molecule has 32 heavy (non-hydrogen) atoms.